The first kappa shape index (κ1) is 30.3. The molecule has 4 atom stereocenters. The van der Waals surface area contributed by atoms with E-state index < -0.39 is 45.6 Å². The van der Waals surface area contributed by atoms with Crippen molar-refractivity contribution in [3.05, 3.63) is 0 Å². The van der Waals surface area contributed by atoms with Crippen LogP contribution in [0.25, 0.3) is 0 Å². The number of nitrogens with one attached hydrogen (secondary N) is 3. The molecule has 1 saturated heterocycles. The molecule has 1 aliphatic heterocycles. The maximum absolute atomic E-state index is 13.1. The average Bonchev–Trinajstić information content (AvgIpc) is 3.20. The summed E-state index contributed by atoms with van der Waals surface area (Å²) < 4.78 is 38.1. The van der Waals surface area contributed by atoms with Gasteiger partial charge in [-0.05, 0) is 56.8 Å². The second-order valence-electron chi connectivity index (χ2n) is 10.5. The molecule has 12 heteroatoms. The molecule has 0 aromatic carbocycles. The van der Waals surface area contributed by atoms with Crippen molar-refractivity contribution in [2.24, 2.45) is 17.8 Å². The Hall–Kier alpha value is -1.92. The number of amides is 3. The smallest absolute Gasteiger partial charge is 0.408 e. The van der Waals surface area contributed by atoms with E-state index in [1.807, 2.05) is 13.8 Å². The monoisotopic (exact) mass is 533 g/mol. The van der Waals surface area contributed by atoms with Crippen LogP contribution >= 0.6 is 0 Å². The number of alkyl carbamates (subject to hydrolysis) is 1. The summed E-state index contributed by atoms with van der Waals surface area (Å²) in [4.78, 5) is 37.7. The van der Waals surface area contributed by atoms with Gasteiger partial charge < -0.3 is 25.8 Å². The molecule has 0 aromatic rings. The number of carbonyl (C=O) groups is 3. The normalized spacial score (nSPS) is 25.1. The SMILES string of the molecule is CCCCC1CCC(OC(=O)N[C@H](CC(C)C)C(=O)N[C@H](CC2CCNC2=O)C(O)S(=O)(=O)O)CC1. The van der Waals surface area contributed by atoms with E-state index in [0.717, 1.165) is 32.1 Å². The van der Waals surface area contributed by atoms with Crippen LogP contribution in [0, 0.1) is 17.8 Å². The van der Waals surface area contributed by atoms with Gasteiger partial charge in [-0.2, -0.15) is 8.42 Å². The molecule has 1 aliphatic carbocycles. The lowest BCUT2D eigenvalue weighted by atomic mass is 9.84. The third kappa shape index (κ3) is 9.85. The number of rotatable bonds is 13. The first-order chi connectivity index (χ1) is 16.9. The second kappa shape index (κ2) is 14.1. The van der Waals surface area contributed by atoms with Crippen LogP contribution in [0.15, 0.2) is 0 Å². The van der Waals surface area contributed by atoms with E-state index in [0.29, 0.717) is 18.9 Å². The molecule has 2 fully saturated rings. The van der Waals surface area contributed by atoms with Crippen LogP contribution < -0.4 is 16.0 Å². The van der Waals surface area contributed by atoms with E-state index >= 15 is 0 Å². The van der Waals surface area contributed by atoms with Crippen LogP contribution in [0.2, 0.25) is 0 Å². The fourth-order valence-corrected chi connectivity index (χ4v) is 5.57. The number of hydrogen-bond donors (Lipinski definition) is 5. The van der Waals surface area contributed by atoms with Crippen LogP contribution in [-0.2, 0) is 24.4 Å². The van der Waals surface area contributed by atoms with Crippen molar-refractivity contribution >= 4 is 28.0 Å². The first-order valence-electron chi connectivity index (χ1n) is 13.1. The minimum atomic E-state index is -4.91. The zero-order chi connectivity index (χ0) is 26.9. The van der Waals surface area contributed by atoms with Gasteiger partial charge in [-0.25, -0.2) is 4.79 Å². The molecule has 0 radical (unpaired) electrons. The topological polar surface area (TPSA) is 171 Å². The Morgan fingerprint density at radius 2 is 1.81 bits per heavy atom. The zero-order valence-electron chi connectivity index (χ0n) is 21.6. The van der Waals surface area contributed by atoms with Gasteiger partial charge in [0, 0.05) is 12.5 Å². The predicted octanol–water partition coefficient (Wildman–Crippen LogP) is 2.09. The van der Waals surface area contributed by atoms with Crippen molar-refractivity contribution < 1.29 is 37.2 Å². The van der Waals surface area contributed by atoms with E-state index in [4.69, 9.17) is 4.74 Å². The van der Waals surface area contributed by atoms with Gasteiger partial charge in [-0.15, -0.1) is 0 Å². The summed E-state index contributed by atoms with van der Waals surface area (Å²) in [5.41, 5.74) is -2.32. The largest absolute Gasteiger partial charge is 0.446 e. The van der Waals surface area contributed by atoms with Crippen LogP contribution in [0.3, 0.4) is 0 Å². The zero-order valence-corrected chi connectivity index (χ0v) is 22.4. The van der Waals surface area contributed by atoms with Gasteiger partial charge in [-0.1, -0.05) is 40.0 Å². The Bertz CT molecular complexity index is 842. The molecule has 2 unspecified atom stereocenters. The van der Waals surface area contributed by atoms with Crippen molar-refractivity contribution in [1.29, 1.82) is 0 Å². The van der Waals surface area contributed by atoms with Crippen LogP contribution in [0.1, 0.15) is 85.0 Å². The lowest BCUT2D eigenvalue weighted by Gasteiger charge is -2.30. The van der Waals surface area contributed by atoms with Gasteiger partial charge in [0.15, 0.2) is 0 Å². The molecule has 2 aliphatic rings. The van der Waals surface area contributed by atoms with Gasteiger partial charge in [0.2, 0.25) is 17.3 Å². The summed E-state index contributed by atoms with van der Waals surface area (Å²) in [5.74, 6) is -1.02. The van der Waals surface area contributed by atoms with Crippen LogP contribution in [-0.4, -0.2) is 66.2 Å². The average molecular weight is 534 g/mol. The highest BCUT2D eigenvalue weighted by molar-refractivity contribution is 7.86. The van der Waals surface area contributed by atoms with Crippen molar-refractivity contribution in [2.45, 2.75) is 109 Å². The molecule has 0 spiro atoms. The molecule has 2 rings (SSSR count). The quantitative estimate of drug-likeness (QED) is 0.224. The lowest BCUT2D eigenvalue weighted by Crippen LogP contribution is -2.55. The maximum atomic E-state index is 13.1. The number of carbonyl (C=O) groups excluding carboxylic acids is 3. The van der Waals surface area contributed by atoms with E-state index in [-0.39, 0.29) is 30.8 Å². The second-order valence-corrected chi connectivity index (χ2v) is 12.1. The molecule has 1 heterocycles. The fourth-order valence-electron chi connectivity index (χ4n) is 4.98. The molecule has 208 valence electrons. The van der Waals surface area contributed by atoms with Crippen molar-refractivity contribution in [1.82, 2.24) is 16.0 Å². The Labute approximate surface area is 214 Å². The number of aliphatic hydroxyl groups excluding tert-OH is 1. The summed E-state index contributed by atoms with van der Waals surface area (Å²) in [6.07, 6.45) is 6.60. The molecule has 0 bridgehead atoms. The molecule has 3 amide bonds. The van der Waals surface area contributed by atoms with Crippen molar-refractivity contribution in [3.8, 4) is 0 Å². The highest BCUT2D eigenvalue weighted by Crippen LogP contribution is 2.30. The van der Waals surface area contributed by atoms with E-state index in [9.17, 15) is 32.5 Å². The Kier molecular flexibility index (Phi) is 11.9. The Morgan fingerprint density at radius 1 is 1.14 bits per heavy atom. The van der Waals surface area contributed by atoms with Crippen molar-refractivity contribution in [2.75, 3.05) is 6.54 Å². The first-order valence-corrected chi connectivity index (χ1v) is 14.6. The lowest BCUT2D eigenvalue weighted by molar-refractivity contribution is -0.126. The summed E-state index contributed by atoms with van der Waals surface area (Å²) in [7, 11) is -4.91. The third-order valence-electron chi connectivity index (χ3n) is 7.03. The predicted molar refractivity (Wildman–Crippen MR) is 133 cm³/mol. The number of aliphatic hydroxyl groups is 1. The van der Waals surface area contributed by atoms with Gasteiger partial charge in [-0.3, -0.25) is 14.1 Å². The fraction of sp³-hybridized carbons (Fsp3) is 0.875. The number of hydrogen-bond acceptors (Lipinski definition) is 7. The van der Waals surface area contributed by atoms with Crippen LogP contribution in [0.4, 0.5) is 4.79 Å². The van der Waals surface area contributed by atoms with E-state index in [2.05, 4.69) is 22.9 Å². The minimum absolute atomic E-state index is 0.000567. The molecule has 11 nitrogen and oxygen atoms in total. The molecular formula is C24H43N3O8S. The summed E-state index contributed by atoms with van der Waals surface area (Å²) in [6.45, 7) is 6.28. The summed E-state index contributed by atoms with van der Waals surface area (Å²) in [5, 5.41) is 17.8. The molecule has 1 saturated carbocycles. The van der Waals surface area contributed by atoms with Crippen LogP contribution in [0.5, 0.6) is 0 Å². The minimum Gasteiger partial charge on any atom is -0.446 e. The highest BCUT2D eigenvalue weighted by Gasteiger charge is 2.38. The molecule has 5 N–H and O–H groups in total. The Morgan fingerprint density at radius 3 is 2.33 bits per heavy atom. The molecule has 0 aromatic heterocycles. The standard InChI is InChI=1S/C24H43N3O8S/c1-4-5-6-16-7-9-18(10-8-16)35-24(31)27-19(13-15(2)3)22(29)26-20(23(30)36(32,33)34)14-17-11-12-25-21(17)28/h15-20,23,30H,4-14H2,1-3H3,(H,25,28)(H,26,29)(H,27,31)(H,32,33,34)/t16?,17?,18?,19-,20-,23?/m1/s1. The van der Waals surface area contributed by atoms with Gasteiger partial charge in [0.1, 0.15) is 12.1 Å². The summed E-state index contributed by atoms with van der Waals surface area (Å²) >= 11 is 0. The molecule has 36 heavy (non-hydrogen) atoms. The summed E-state index contributed by atoms with van der Waals surface area (Å²) in [6, 6.07) is -2.49. The van der Waals surface area contributed by atoms with E-state index in [1.165, 1.54) is 12.8 Å². The van der Waals surface area contributed by atoms with Gasteiger partial charge >= 0.3 is 6.09 Å². The number of ether oxygens (including phenoxy) is 1. The maximum Gasteiger partial charge on any atom is 0.408 e. The van der Waals surface area contributed by atoms with Crippen molar-refractivity contribution in [3.63, 3.8) is 0 Å². The number of unbranched alkanes of at least 4 members (excludes halogenated alkanes) is 1. The van der Waals surface area contributed by atoms with E-state index in [1.54, 1.807) is 0 Å². The Balaban J connectivity index is 2.00. The molecular weight excluding hydrogens is 490 g/mol. The van der Waals surface area contributed by atoms with Gasteiger partial charge in [0.25, 0.3) is 10.1 Å². The highest BCUT2D eigenvalue weighted by atomic mass is 32.2. The third-order valence-corrected chi connectivity index (χ3v) is 7.97. The van der Waals surface area contributed by atoms with Gasteiger partial charge in [0.05, 0.1) is 6.04 Å².